The summed E-state index contributed by atoms with van der Waals surface area (Å²) in [5, 5.41) is 9.81. The van der Waals surface area contributed by atoms with Gasteiger partial charge in [-0.2, -0.15) is 0 Å². The predicted molar refractivity (Wildman–Crippen MR) is 145 cm³/mol. The molecule has 0 atom stereocenters. The van der Waals surface area contributed by atoms with Crippen LogP contribution in [0, 0.1) is 0 Å². The highest BCUT2D eigenvalue weighted by atomic mass is 35.5. The van der Waals surface area contributed by atoms with Gasteiger partial charge in [-0.05, 0) is 58.2 Å². The van der Waals surface area contributed by atoms with E-state index in [0.29, 0.717) is 18.0 Å². The van der Waals surface area contributed by atoms with E-state index in [-0.39, 0.29) is 23.2 Å². The van der Waals surface area contributed by atoms with E-state index in [1.165, 1.54) is 17.7 Å². The molecule has 0 aliphatic carbocycles. The summed E-state index contributed by atoms with van der Waals surface area (Å²) in [4.78, 5) is 24.4. The lowest BCUT2D eigenvalue weighted by atomic mass is 9.81. The first kappa shape index (κ1) is 28.3. The van der Waals surface area contributed by atoms with Crippen LogP contribution >= 0.6 is 11.6 Å². The van der Waals surface area contributed by atoms with Gasteiger partial charge in [0.15, 0.2) is 5.78 Å². The second kappa shape index (κ2) is 12.7. The Morgan fingerprint density at radius 1 is 0.800 bits per heavy atom. The summed E-state index contributed by atoms with van der Waals surface area (Å²) in [6, 6.07) is 18.1. The summed E-state index contributed by atoms with van der Waals surface area (Å²) >= 11 is 5.74. The molecule has 0 spiro atoms. The minimum atomic E-state index is -0.990. The molecule has 0 saturated heterocycles. The van der Waals surface area contributed by atoms with Crippen LogP contribution in [0.4, 0.5) is 0 Å². The average molecular weight is 494 g/mol. The topological polar surface area (TPSA) is 80.4 Å². The monoisotopic (exact) mass is 493 g/mol. The Morgan fingerprint density at radius 3 is 1.66 bits per heavy atom. The molecular formula is C30H36ClNO3. The van der Waals surface area contributed by atoms with E-state index in [1.807, 2.05) is 24.3 Å². The molecule has 0 aliphatic rings. The first-order valence-electron chi connectivity index (χ1n) is 12.0. The third-order valence-corrected chi connectivity index (χ3v) is 6.30. The number of nitrogens with two attached hydrogens (primary N) is 1. The maximum atomic E-state index is 13.3. The molecule has 0 radical (unpaired) electrons. The summed E-state index contributed by atoms with van der Waals surface area (Å²) in [5.74, 6) is -0.184. The SMILES string of the molecule is CC(C)c1cc(C(C)C)c(C(=O)c2ccc(C(=O)O)cc2)c(C(C)C)c1.NCc1ccccc1Cl. The van der Waals surface area contributed by atoms with Crippen LogP contribution in [0.1, 0.15) is 108 Å². The smallest absolute Gasteiger partial charge is 0.335 e. The molecule has 3 N–H and O–H groups in total. The maximum absolute atomic E-state index is 13.3. The molecule has 4 nitrogen and oxygen atoms in total. The molecule has 0 saturated carbocycles. The van der Waals surface area contributed by atoms with Crippen molar-refractivity contribution in [3.05, 3.63) is 105 Å². The minimum Gasteiger partial charge on any atom is -0.478 e. The predicted octanol–water partition coefficient (Wildman–Crippen LogP) is 7.78. The molecule has 0 unspecified atom stereocenters. The zero-order valence-corrected chi connectivity index (χ0v) is 22.2. The molecule has 0 aromatic heterocycles. The molecule has 186 valence electrons. The normalized spacial score (nSPS) is 10.9. The van der Waals surface area contributed by atoms with Crippen LogP contribution < -0.4 is 5.73 Å². The van der Waals surface area contributed by atoms with Gasteiger partial charge < -0.3 is 10.8 Å². The minimum absolute atomic E-state index is 0.0374. The summed E-state index contributed by atoms with van der Waals surface area (Å²) in [5.41, 5.74) is 11.2. The maximum Gasteiger partial charge on any atom is 0.335 e. The van der Waals surface area contributed by atoms with Crippen LogP contribution in [0.25, 0.3) is 0 Å². The highest BCUT2D eigenvalue weighted by molar-refractivity contribution is 6.31. The molecule has 0 fully saturated rings. The van der Waals surface area contributed by atoms with Crippen LogP contribution in [0.3, 0.4) is 0 Å². The molecule has 0 heterocycles. The Balaban J connectivity index is 0.000000402. The number of hydrogen-bond acceptors (Lipinski definition) is 3. The summed E-state index contributed by atoms with van der Waals surface area (Å²) in [7, 11) is 0. The highest BCUT2D eigenvalue weighted by Crippen LogP contribution is 2.33. The molecule has 0 bridgehead atoms. The molecule has 3 rings (SSSR count). The Morgan fingerprint density at radius 2 is 1.29 bits per heavy atom. The van der Waals surface area contributed by atoms with E-state index >= 15 is 0 Å². The zero-order valence-electron chi connectivity index (χ0n) is 21.4. The number of rotatable bonds is 7. The van der Waals surface area contributed by atoms with Gasteiger partial charge in [-0.3, -0.25) is 4.79 Å². The number of hydrogen-bond donors (Lipinski definition) is 2. The van der Waals surface area contributed by atoms with Crippen LogP contribution in [0.5, 0.6) is 0 Å². The number of carbonyl (C=O) groups is 2. The number of carbonyl (C=O) groups excluding carboxylic acids is 1. The Labute approximate surface area is 214 Å². The van der Waals surface area contributed by atoms with Crippen molar-refractivity contribution in [1.82, 2.24) is 0 Å². The van der Waals surface area contributed by atoms with Crippen molar-refractivity contribution in [2.45, 2.75) is 65.8 Å². The number of halogens is 1. The lowest BCUT2D eigenvalue weighted by Crippen LogP contribution is -2.13. The first-order valence-corrected chi connectivity index (χ1v) is 12.3. The van der Waals surface area contributed by atoms with E-state index < -0.39 is 5.97 Å². The van der Waals surface area contributed by atoms with Crippen molar-refractivity contribution in [2.75, 3.05) is 0 Å². The van der Waals surface area contributed by atoms with Gasteiger partial charge in [-0.25, -0.2) is 4.79 Å². The first-order chi connectivity index (χ1) is 16.5. The van der Waals surface area contributed by atoms with Crippen LogP contribution in [-0.4, -0.2) is 16.9 Å². The lowest BCUT2D eigenvalue weighted by Gasteiger charge is -2.22. The van der Waals surface area contributed by atoms with Gasteiger partial charge in [0.1, 0.15) is 0 Å². The molecule has 35 heavy (non-hydrogen) atoms. The highest BCUT2D eigenvalue weighted by Gasteiger charge is 2.23. The molecule has 0 amide bonds. The molecule has 0 aliphatic heterocycles. The van der Waals surface area contributed by atoms with Gasteiger partial charge in [0.25, 0.3) is 0 Å². The molecule has 5 heteroatoms. The zero-order chi connectivity index (χ0) is 26.3. The van der Waals surface area contributed by atoms with Gasteiger partial charge in [0, 0.05) is 22.7 Å². The number of benzene rings is 3. The van der Waals surface area contributed by atoms with Crippen molar-refractivity contribution in [2.24, 2.45) is 5.73 Å². The standard InChI is InChI=1S/C23H28O3.C7H8ClN/c1-13(2)18-11-19(14(3)4)21(20(12-18)15(5)6)22(24)16-7-9-17(10-8-16)23(25)26;8-7-4-2-1-3-6(7)5-9/h7-15H,1-6H3,(H,25,26);1-4H,5,9H2. The lowest BCUT2D eigenvalue weighted by molar-refractivity contribution is 0.0696. The number of ketones is 1. The van der Waals surface area contributed by atoms with Crippen molar-refractivity contribution in [3.63, 3.8) is 0 Å². The van der Waals surface area contributed by atoms with Crippen LogP contribution in [0.2, 0.25) is 5.02 Å². The summed E-state index contributed by atoms with van der Waals surface area (Å²) in [6.45, 7) is 13.3. The second-order valence-electron chi connectivity index (χ2n) is 9.55. The number of carboxylic acid groups (broad SMARTS) is 1. The average Bonchev–Trinajstić information content (AvgIpc) is 2.83. The third kappa shape index (κ3) is 7.27. The Kier molecular flexibility index (Phi) is 10.2. The molecular weight excluding hydrogens is 458 g/mol. The number of aromatic carboxylic acids is 1. The van der Waals surface area contributed by atoms with Gasteiger partial charge in [0.2, 0.25) is 0 Å². The fourth-order valence-corrected chi connectivity index (χ4v) is 4.00. The van der Waals surface area contributed by atoms with E-state index in [9.17, 15) is 9.59 Å². The van der Waals surface area contributed by atoms with E-state index in [2.05, 4.69) is 53.7 Å². The molecule has 3 aromatic rings. The van der Waals surface area contributed by atoms with E-state index in [1.54, 1.807) is 12.1 Å². The summed E-state index contributed by atoms with van der Waals surface area (Å²) in [6.07, 6.45) is 0. The number of carboxylic acids is 1. The molecule has 3 aromatic carbocycles. The largest absolute Gasteiger partial charge is 0.478 e. The Bertz CT molecular complexity index is 1140. The van der Waals surface area contributed by atoms with Crippen LogP contribution in [-0.2, 0) is 6.54 Å². The van der Waals surface area contributed by atoms with Crippen LogP contribution in [0.15, 0.2) is 60.7 Å². The fraction of sp³-hybridized carbons (Fsp3) is 0.333. The third-order valence-electron chi connectivity index (χ3n) is 5.93. The summed E-state index contributed by atoms with van der Waals surface area (Å²) < 4.78 is 0. The Hall–Kier alpha value is -2.95. The van der Waals surface area contributed by atoms with Crippen molar-refractivity contribution in [3.8, 4) is 0 Å². The van der Waals surface area contributed by atoms with Crippen molar-refractivity contribution < 1.29 is 14.7 Å². The quantitative estimate of drug-likeness (QED) is 0.329. The fourth-order valence-electron chi connectivity index (χ4n) is 3.79. The van der Waals surface area contributed by atoms with Gasteiger partial charge >= 0.3 is 5.97 Å². The van der Waals surface area contributed by atoms with Gasteiger partial charge in [-0.15, -0.1) is 0 Å². The van der Waals surface area contributed by atoms with E-state index in [0.717, 1.165) is 27.3 Å². The van der Waals surface area contributed by atoms with Crippen molar-refractivity contribution >= 4 is 23.4 Å². The van der Waals surface area contributed by atoms with Crippen molar-refractivity contribution in [1.29, 1.82) is 0 Å². The van der Waals surface area contributed by atoms with Gasteiger partial charge in [0.05, 0.1) is 5.56 Å². The second-order valence-corrected chi connectivity index (χ2v) is 9.95. The van der Waals surface area contributed by atoms with E-state index in [4.69, 9.17) is 22.4 Å². The van der Waals surface area contributed by atoms with Gasteiger partial charge in [-0.1, -0.05) is 95.6 Å².